The molecule has 1 unspecified atom stereocenters. The second-order valence-electron chi connectivity index (χ2n) is 2.69. The molecule has 2 aromatic heterocycles. The Balaban J connectivity index is 2.29. The van der Waals surface area contributed by atoms with Gasteiger partial charge in [-0.2, -0.15) is 11.3 Å². The minimum atomic E-state index is 0.117. The fourth-order valence-electron chi connectivity index (χ4n) is 1.28. The molecule has 0 spiro atoms. The van der Waals surface area contributed by atoms with E-state index >= 15 is 0 Å². The Morgan fingerprint density at radius 1 is 1.31 bits per heavy atom. The molecule has 13 heavy (non-hydrogen) atoms. The Kier molecular flexibility index (Phi) is 2.78. The highest BCUT2D eigenvalue weighted by molar-refractivity contribution is 7.10. The van der Waals surface area contributed by atoms with Crippen molar-refractivity contribution in [2.75, 3.05) is 7.11 Å². The minimum absolute atomic E-state index is 0.117. The number of hydrogen-bond donors (Lipinski definition) is 0. The molecule has 0 aliphatic heterocycles. The van der Waals surface area contributed by atoms with Gasteiger partial charge in [-0.15, -0.1) is 11.3 Å². The molecule has 0 aliphatic carbocycles. The molecule has 0 fully saturated rings. The molecule has 2 aromatic rings. The van der Waals surface area contributed by atoms with E-state index in [2.05, 4.69) is 34.3 Å². The zero-order valence-electron chi connectivity index (χ0n) is 7.27. The molecule has 0 N–H and O–H groups in total. The molecular weight excluding hydrogens is 200 g/mol. The molecule has 0 radical (unpaired) electrons. The van der Waals surface area contributed by atoms with Gasteiger partial charge in [0.15, 0.2) is 0 Å². The van der Waals surface area contributed by atoms with Crippen LogP contribution in [-0.4, -0.2) is 7.11 Å². The highest BCUT2D eigenvalue weighted by atomic mass is 32.1. The summed E-state index contributed by atoms with van der Waals surface area (Å²) in [5.74, 6) is 0. The largest absolute Gasteiger partial charge is 0.371 e. The number of ether oxygens (including phenoxy) is 1. The maximum Gasteiger partial charge on any atom is 0.117 e. The topological polar surface area (TPSA) is 9.23 Å². The molecule has 2 heterocycles. The smallest absolute Gasteiger partial charge is 0.117 e. The standard InChI is InChI=1S/C10H10OS2/c1-11-10(8-4-6-12-7-8)9-3-2-5-13-9/h2-7,10H,1H3. The zero-order valence-corrected chi connectivity index (χ0v) is 8.90. The summed E-state index contributed by atoms with van der Waals surface area (Å²) in [7, 11) is 1.75. The van der Waals surface area contributed by atoms with Crippen LogP contribution in [0, 0.1) is 0 Å². The van der Waals surface area contributed by atoms with Crippen molar-refractivity contribution in [3.63, 3.8) is 0 Å². The first-order valence-corrected chi connectivity index (χ1v) is 5.82. The Morgan fingerprint density at radius 2 is 2.23 bits per heavy atom. The van der Waals surface area contributed by atoms with Gasteiger partial charge in [-0.3, -0.25) is 0 Å². The van der Waals surface area contributed by atoms with Gasteiger partial charge in [0.1, 0.15) is 6.10 Å². The highest BCUT2D eigenvalue weighted by Gasteiger charge is 2.13. The van der Waals surface area contributed by atoms with Crippen LogP contribution in [0.1, 0.15) is 16.5 Å². The summed E-state index contributed by atoms with van der Waals surface area (Å²) in [6, 6.07) is 6.27. The van der Waals surface area contributed by atoms with Crippen LogP contribution in [-0.2, 0) is 4.74 Å². The van der Waals surface area contributed by atoms with Crippen molar-refractivity contribution in [2.45, 2.75) is 6.10 Å². The van der Waals surface area contributed by atoms with Crippen molar-refractivity contribution in [1.29, 1.82) is 0 Å². The lowest BCUT2D eigenvalue weighted by Crippen LogP contribution is -1.98. The molecular formula is C10H10OS2. The Morgan fingerprint density at radius 3 is 2.77 bits per heavy atom. The first-order chi connectivity index (χ1) is 6.42. The third-order valence-electron chi connectivity index (χ3n) is 1.88. The van der Waals surface area contributed by atoms with Crippen LogP contribution >= 0.6 is 22.7 Å². The first kappa shape index (κ1) is 8.94. The predicted molar refractivity (Wildman–Crippen MR) is 57.5 cm³/mol. The molecule has 2 rings (SSSR count). The average molecular weight is 210 g/mol. The van der Waals surface area contributed by atoms with E-state index in [-0.39, 0.29) is 6.10 Å². The summed E-state index contributed by atoms with van der Waals surface area (Å²) in [4.78, 5) is 1.26. The van der Waals surface area contributed by atoms with Gasteiger partial charge in [-0.05, 0) is 33.8 Å². The maximum absolute atomic E-state index is 5.46. The van der Waals surface area contributed by atoms with Crippen LogP contribution in [0.5, 0.6) is 0 Å². The molecule has 0 saturated heterocycles. The van der Waals surface area contributed by atoms with Crippen LogP contribution in [0.2, 0.25) is 0 Å². The fraction of sp³-hybridized carbons (Fsp3) is 0.200. The molecule has 0 saturated carbocycles. The second-order valence-corrected chi connectivity index (χ2v) is 4.45. The summed E-state index contributed by atoms with van der Waals surface area (Å²) < 4.78 is 5.46. The van der Waals surface area contributed by atoms with E-state index in [1.165, 1.54) is 10.4 Å². The van der Waals surface area contributed by atoms with Crippen LogP contribution < -0.4 is 0 Å². The summed E-state index contributed by atoms with van der Waals surface area (Å²) in [5, 5.41) is 6.29. The summed E-state index contributed by atoms with van der Waals surface area (Å²) in [5.41, 5.74) is 1.25. The quantitative estimate of drug-likeness (QED) is 0.753. The van der Waals surface area contributed by atoms with Crippen molar-refractivity contribution < 1.29 is 4.74 Å². The van der Waals surface area contributed by atoms with Crippen molar-refractivity contribution in [2.24, 2.45) is 0 Å². The fourth-order valence-corrected chi connectivity index (χ4v) is 2.78. The molecule has 0 amide bonds. The third-order valence-corrected chi connectivity index (χ3v) is 3.50. The number of rotatable bonds is 3. The van der Waals surface area contributed by atoms with Gasteiger partial charge < -0.3 is 4.74 Å². The summed E-state index contributed by atoms with van der Waals surface area (Å²) >= 11 is 3.44. The van der Waals surface area contributed by atoms with Crippen molar-refractivity contribution >= 4 is 22.7 Å². The van der Waals surface area contributed by atoms with E-state index in [0.29, 0.717) is 0 Å². The van der Waals surface area contributed by atoms with E-state index in [1.807, 2.05) is 0 Å². The molecule has 0 bridgehead atoms. The van der Waals surface area contributed by atoms with Gasteiger partial charge in [0.05, 0.1) is 0 Å². The van der Waals surface area contributed by atoms with E-state index in [4.69, 9.17) is 4.74 Å². The predicted octanol–water partition coefficient (Wildman–Crippen LogP) is 3.55. The highest BCUT2D eigenvalue weighted by Crippen LogP contribution is 2.29. The maximum atomic E-state index is 5.46. The first-order valence-electron chi connectivity index (χ1n) is 4.00. The van der Waals surface area contributed by atoms with Crippen molar-refractivity contribution in [3.8, 4) is 0 Å². The molecule has 1 nitrogen and oxygen atoms in total. The molecule has 68 valence electrons. The average Bonchev–Trinajstić information content (AvgIpc) is 2.76. The van der Waals surface area contributed by atoms with Gasteiger partial charge in [0.25, 0.3) is 0 Å². The lowest BCUT2D eigenvalue weighted by Gasteiger charge is -2.11. The normalized spacial score (nSPS) is 13.0. The zero-order chi connectivity index (χ0) is 9.10. The molecule has 0 aromatic carbocycles. The van der Waals surface area contributed by atoms with E-state index in [9.17, 15) is 0 Å². The Bertz CT molecular complexity index is 303. The van der Waals surface area contributed by atoms with Crippen LogP contribution in [0.3, 0.4) is 0 Å². The van der Waals surface area contributed by atoms with Crippen molar-refractivity contribution in [1.82, 2.24) is 0 Å². The van der Waals surface area contributed by atoms with Gasteiger partial charge in [0.2, 0.25) is 0 Å². The lowest BCUT2D eigenvalue weighted by molar-refractivity contribution is 0.139. The van der Waals surface area contributed by atoms with Gasteiger partial charge in [-0.25, -0.2) is 0 Å². The third kappa shape index (κ3) is 1.82. The monoisotopic (exact) mass is 210 g/mol. The van der Waals surface area contributed by atoms with E-state index < -0.39 is 0 Å². The van der Waals surface area contributed by atoms with Crippen LogP contribution in [0.15, 0.2) is 34.3 Å². The molecule has 0 aliphatic rings. The van der Waals surface area contributed by atoms with Gasteiger partial charge >= 0.3 is 0 Å². The summed E-state index contributed by atoms with van der Waals surface area (Å²) in [6.45, 7) is 0. The Hall–Kier alpha value is -0.640. The second kappa shape index (κ2) is 4.05. The number of methoxy groups -OCH3 is 1. The van der Waals surface area contributed by atoms with E-state index in [0.717, 1.165) is 0 Å². The number of hydrogen-bond acceptors (Lipinski definition) is 3. The van der Waals surface area contributed by atoms with Gasteiger partial charge in [-0.1, -0.05) is 6.07 Å². The minimum Gasteiger partial charge on any atom is -0.371 e. The van der Waals surface area contributed by atoms with Crippen LogP contribution in [0.25, 0.3) is 0 Å². The number of thiophene rings is 2. The van der Waals surface area contributed by atoms with Crippen molar-refractivity contribution in [3.05, 3.63) is 44.8 Å². The van der Waals surface area contributed by atoms with Crippen LogP contribution in [0.4, 0.5) is 0 Å². The van der Waals surface area contributed by atoms with E-state index in [1.54, 1.807) is 29.8 Å². The lowest BCUT2D eigenvalue weighted by atomic mass is 10.1. The Labute approximate surface area is 85.6 Å². The SMILES string of the molecule is COC(c1ccsc1)c1cccs1. The molecule has 1 atom stereocenters. The summed E-state index contributed by atoms with van der Waals surface area (Å²) in [6.07, 6.45) is 0.117. The molecule has 3 heteroatoms. The van der Waals surface area contributed by atoms with Gasteiger partial charge in [0, 0.05) is 12.0 Å².